The van der Waals surface area contributed by atoms with Crippen LogP contribution >= 0.6 is 11.3 Å². The van der Waals surface area contributed by atoms with E-state index in [1.807, 2.05) is 37.4 Å². The minimum Gasteiger partial charge on any atom is -0.313 e. The molecule has 0 aliphatic rings. The molecule has 1 aromatic heterocycles. The zero-order valence-corrected chi connectivity index (χ0v) is 12.5. The molecule has 0 amide bonds. The highest BCUT2D eigenvalue weighted by Gasteiger charge is 2.12. The summed E-state index contributed by atoms with van der Waals surface area (Å²) in [7, 11) is 1.96. The van der Waals surface area contributed by atoms with Crippen LogP contribution in [-0.4, -0.2) is 7.05 Å². The Labute approximate surface area is 118 Å². The minimum absolute atomic E-state index is 0.136. The summed E-state index contributed by atoms with van der Waals surface area (Å²) in [6.07, 6.45) is 2.04. The molecule has 2 rings (SSSR count). The molecule has 2 aromatic rings. The van der Waals surface area contributed by atoms with Crippen LogP contribution in [0.25, 0.3) is 0 Å². The molecule has 0 saturated carbocycles. The first-order valence-electron chi connectivity index (χ1n) is 6.65. The summed E-state index contributed by atoms with van der Waals surface area (Å²) in [5.74, 6) is -0.136. The van der Waals surface area contributed by atoms with E-state index in [0.29, 0.717) is 5.56 Å². The van der Waals surface area contributed by atoms with Gasteiger partial charge < -0.3 is 5.32 Å². The quantitative estimate of drug-likeness (QED) is 0.861. The third kappa shape index (κ3) is 3.43. The molecule has 1 N–H and O–H groups in total. The Bertz CT molecular complexity index is 547. The van der Waals surface area contributed by atoms with E-state index in [-0.39, 0.29) is 11.9 Å². The fourth-order valence-electron chi connectivity index (χ4n) is 2.19. The van der Waals surface area contributed by atoms with Crippen molar-refractivity contribution in [3.8, 4) is 0 Å². The van der Waals surface area contributed by atoms with Crippen LogP contribution in [0.15, 0.2) is 30.3 Å². The Morgan fingerprint density at radius 3 is 2.53 bits per heavy atom. The van der Waals surface area contributed by atoms with Crippen molar-refractivity contribution in [3.05, 3.63) is 57.0 Å². The van der Waals surface area contributed by atoms with Crippen molar-refractivity contribution in [2.24, 2.45) is 0 Å². The van der Waals surface area contributed by atoms with E-state index in [1.54, 1.807) is 6.07 Å². The lowest BCUT2D eigenvalue weighted by Gasteiger charge is -2.16. The number of aryl methyl sites for hydroxylation is 2. The van der Waals surface area contributed by atoms with Gasteiger partial charge in [-0.1, -0.05) is 19.1 Å². The van der Waals surface area contributed by atoms with Gasteiger partial charge in [0.1, 0.15) is 5.82 Å². The van der Waals surface area contributed by atoms with Crippen LogP contribution in [0.1, 0.15) is 33.8 Å². The lowest BCUT2D eigenvalue weighted by Crippen LogP contribution is -2.18. The maximum Gasteiger partial charge on any atom is 0.126 e. The average molecular weight is 277 g/mol. The van der Waals surface area contributed by atoms with E-state index in [9.17, 15) is 4.39 Å². The number of halogens is 1. The van der Waals surface area contributed by atoms with Crippen molar-refractivity contribution in [2.75, 3.05) is 7.05 Å². The topological polar surface area (TPSA) is 12.0 Å². The predicted octanol–water partition coefficient (Wildman–Crippen LogP) is 4.26. The van der Waals surface area contributed by atoms with Gasteiger partial charge in [0, 0.05) is 22.2 Å². The van der Waals surface area contributed by atoms with Gasteiger partial charge in [0.05, 0.1) is 0 Å². The maximum absolute atomic E-state index is 13.3. The molecule has 1 heterocycles. The molecule has 3 heteroatoms. The van der Waals surface area contributed by atoms with E-state index in [0.717, 1.165) is 18.4 Å². The highest BCUT2D eigenvalue weighted by molar-refractivity contribution is 7.11. The Balaban J connectivity index is 2.17. The van der Waals surface area contributed by atoms with Crippen LogP contribution in [0.5, 0.6) is 0 Å². The zero-order chi connectivity index (χ0) is 13.8. The summed E-state index contributed by atoms with van der Waals surface area (Å²) < 4.78 is 13.3. The van der Waals surface area contributed by atoms with Crippen molar-refractivity contribution in [3.63, 3.8) is 0 Å². The van der Waals surface area contributed by atoms with Crippen LogP contribution in [0.3, 0.4) is 0 Å². The number of hydrogen-bond acceptors (Lipinski definition) is 2. The highest BCUT2D eigenvalue weighted by atomic mass is 32.1. The summed E-state index contributed by atoms with van der Waals surface area (Å²) in [6, 6.07) is 10.00. The summed E-state index contributed by atoms with van der Waals surface area (Å²) in [5, 5.41) is 3.33. The van der Waals surface area contributed by atoms with Gasteiger partial charge in [-0.25, -0.2) is 4.39 Å². The van der Waals surface area contributed by atoms with Crippen LogP contribution in [-0.2, 0) is 12.8 Å². The van der Waals surface area contributed by atoms with Gasteiger partial charge in [0.15, 0.2) is 0 Å². The van der Waals surface area contributed by atoms with Gasteiger partial charge in [-0.05, 0) is 49.7 Å². The smallest absolute Gasteiger partial charge is 0.126 e. The monoisotopic (exact) mass is 277 g/mol. The third-order valence-electron chi connectivity index (χ3n) is 3.40. The lowest BCUT2D eigenvalue weighted by atomic mass is 10.0. The Morgan fingerprint density at radius 2 is 1.95 bits per heavy atom. The van der Waals surface area contributed by atoms with Crippen molar-refractivity contribution >= 4 is 11.3 Å². The standard InChI is InChI=1S/C16H20FNS/c1-4-13-6-7-14(19-13)10-16(18-3)12-5-8-15(17)11(2)9-12/h5-9,16,18H,4,10H2,1-3H3. The van der Waals surface area contributed by atoms with Crippen molar-refractivity contribution in [1.29, 1.82) is 0 Å². The van der Waals surface area contributed by atoms with Crippen LogP contribution in [0.4, 0.5) is 4.39 Å². The first-order valence-corrected chi connectivity index (χ1v) is 7.46. The average Bonchev–Trinajstić information content (AvgIpc) is 2.87. The van der Waals surface area contributed by atoms with E-state index < -0.39 is 0 Å². The summed E-state index contributed by atoms with van der Waals surface area (Å²) in [6.45, 7) is 3.99. The van der Waals surface area contributed by atoms with E-state index in [1.165, 1.54) is 9.75 Å². The van der Waals surface area contributed by atoms with Gasteiger partial charge in [-0.3, -0.25) is 0 Å². The fraction of sp³-hybridized carbons (Fsp3) is 0.375. The number of nitrogens with one attached hydrogen (secondary N) is 1. The maximum atomic E-state index is 13.3. The lowest BCUT2D eigenvalue weighted by molar-refractivity contribution is 0.586. The second-order valence-corrected chi connectivity index (χ2v) is 6.03. The van der Waals surface area contributed by atoms with E-state index in [2.05, 4.69) is 24.4 Å². The molecule has 0 spiro atoms. The number of benzene rings is 1. The van der Waals surface area contributed by atoms with Gasteiger partial charge in [0.25, 0.3) is 0 Å². The van der Waals surface area contributed by atoms with Crippen molar-refractivity contribution in [1.82, 2.24) is 5.32 Å². The second kappa shape index (κ2) is 6.31. The van der Waals surface area contributed by atoms with E-state index in [4.69, 9.17) is 0 Å². The molecule has 1 aromatic carbocycles. The first-order chi connectivity index (χ1) is 9.13. The molecule has 102 valence electrons. The molecule has 19 heavy (non-hydrogen) atoms. The van der Waals surface area contributed by atoms with E-state index >= 15 is 0 Å². The summed E-state index contributed by atoms with van der Waals surface area (Å²) >= 11 is 1.86. The molecule has 1 atom stereocenters. The van der Waals surface area contributed by atoms with Crippen molar-refractivity contribution < 1.29 is 4.39 Å². The van der Waals surface area contributed by atoms with Gasteiger partial charge >= 0.3 is 0 Å². The van der Waals surface area contributed by atoms with Crippen molar-refractivity contribution in [2.45, 2.75) is 32.7 Å². The normalized spacial score (nSPS) is 12.6. The Hall–Kier alpha value is -1.19. The zero-order valence-electron chi connectivity index (χ0n) is 11.7. The molecule has 0 fully saturated rings. The second-order valence-electron chi connectivity index (χ2n) is 4.78. The van der Waals surface area contributed by atoms with Crippen LogP contribution in [0.2, 0.25) is 0 Å². The summed E-state index contributed by atoms with van der Waals surface area (Å²) in [4.78, 5) is 2.79. The number of hydrogen-bond donors (Lipinski definition) is 1. The third-order valence-corrected chi connectivity index (χ3v) is 4.66. The number of thiophene rings is 1. The van der Waals surface area contributed by atoms with Gasteiger partial charge in [-0.15, -0.1) is 11.3 Å². The highest BCUT2D eigenvalue weighted by Crippen LogP contribution is 2.25. The predicted molar refractivity (Wildman–Crippen MR) is 80.3 cm³/mol. The number of likely N-dealkylation sites (N-methyl/N-ethyl adjacent to an activating group) is 1. The molecule has 0 radical (unpaired) electrons. The molecule has 0 aliphatic carbocycles. The fourth-order valence-corrected chi connectivity index (χ4v) is 3.20. The molecular formula is C16H20FNS. The SMILES string of the molecule is CCc1ccc(CC(NC)c2ccc(F)c(C)c2)s1. The van der Waals surface area contributed by atoms with Crippen LogP contribution < -0.4 is 5.32 Å². The Kier molecular flexibility index (Phi) is 4.72. The minimum atomic E-state index is -0.136. The molecule has 1 nitrogen and oxygen atoms in total. The summed E-state index contributed by atoms with van der Waals surface area (Å²) in [5.41, 5.74) is 1.85. The van der Waals surface area contributed by atoms with Crippen LogP contribution in [0, 0.1) is 12.7 Å². The Morgan fingerprint density at radius 1 is 1.21 bits per heavy atom. The van der Waals surface area contributed by atoms with Gasteiger partial charge in [0.2, 0.25) is 0 Å². The molecular weight excluding hydrogens is 257 g/mol. The van der Waals surface area contributed by atoms with Gasteiger partial charge in [-0.2, -0.15) is 0 Å². The molecule has 1 unspecified atom stereocenters. The largest absolute Gasteiger partial charge is 0.313 e. The first kappa shape index (κ1) is 14.2. The molecule has 0 aliphatic heterocycles. The molecule has 0 bridgehead atoms. The number of rotatable bonds is 5. The molecule has 0 saturated heterocycles.